The lowest BCUT2D eigenvalue weighted by Gasteiger charge is -2.07. The number of ether oxygens (including phenoxy) is 1. The van der Waals surface area contributed by atoms with Gasteiger partial charge in [-0.2, -0.15) is 0 Å². The standard InChI is InChI=1S/C12H13N3O5/c1-20-5-4-13-8-2-3-10(15(18)19)11-7(8)6-9(14-11)12(16)17/h2-3,6,13-14H,4-5H2,1H3,(H,16,17). The highest BCUT2D eigenvalue weighted by Crippen LogP contribution is 2.31. The molecular weight excluding hydrogens is 266 g/mol. The van der Waals surface area contributed by atoms with Gasteiger partial charge < -0.3 is 20.1 Å². The Morgan fingerprint density at radius 3 is 2.90 bits per heavy atom. The number of H-pyrrole nitrogens is 1. The van der Waals surface area contributed by atoms with Crippen LogP contribution in [0.5, 0.6) is 0 Å². The van der Waals surface area contributed by atoms with Crippen molar-refractivity contribution in [3.8, 4) is 0 Å². The van der Waals surface area contributed by atoms with Gasteiger partial charge in [0.05, 0.1) is 11.5 Å². The van der Waals surface area contributed by atoms with E-state index in [1.807, 2.05) is 0 Å². The molecule has 0 amide bonds. The Morgan fingerprint density at radius 1 is 1.55 bits per heavy atom. The molecule has 1 aromatic carbocycles. The Hall–Kier alpha value is -2.61. The number of nitrogens with zero attached hydrogens (tertiary/aromatic N) is 1. The molecule has 0 saturated carbocycles. The molecule has 2 aromatic rings. The van der Waals surface area contributed by atoms with Crippen LogP contribution < -0.4 is 5.32 Å². The molecule has 3 N–H and O–H groups in total. The van der Waals surface area contributed by atoms with Gasteiger partial charge in [-0.25, -0.2) is 4.79 Å². The van der Waals surface area contributed by atoms with E-state index in [0.29, 0.717) is 24.2 Å². The van der Waals surface area contributed by atoms with Crippen molar-refractivity contribution >= 4 is 28.2 Å². The maximum absolute atomic E-state index is 11.0. The number of methoxy groups -OCH3 is 1. The van der Waals surface area contributed by atoms with E-state index in [4.69, 9.17) is 9.84 Å². The highest BCUT2D eigenvalue weighted by molar-refractivity contribution is 6.02. The van der Waals surface area contributed by atoms with Crippen LogP contribution in [0, 0.1) is 10.1 Å². The molecule has 8 nitrogen and oxygen atoms in total. The molecule has 0 radical (unpaired) electrons. The minimum absolute atomic E-state index is 0.0934. The van der Waals surface area contributed by atoms with Crippen LogP contribution in [0.4, 0.5) is 11.4 Å². The lowest BCUT2D eigenvalue weighted by molar-refractivity contribution is -0.383. The van der Waals surface area contributed by atoms with Gasteiger partial charge >= 0.3 is 5.97 Å². The van der Waals surface area contributed by atoms with Crippen LogP contribution in [0.25, 0.3) is 10.9 Å². The minimum Gasteiger partial charge on any atom is -0.477 e. The summed E-state index contributed by atoms with van der Waals surface area (Å²) in [6.07, 6.45) is 0. The third-order valence-corrected chi connectivity index (χ3v) is 2.82. The van der Waals surface area contributed by atoms with Gasteiger partial charge in [0.1, 0.15) is 11.2 Å². The number of hydrogen-bond donors (Lipinski definition) is 3. The first kappa shape index (κ1) is 13.8. The number of anilines is 1. The highest BCUT2D eigenvalue weighted by atomic mass is 16.6. The van der Waals surface area contributed by atoms with E-state index in [0.717, 1.165) is 0 Å². The van der Waals surface area contributed by atoms with E-state index in [1.54, 1.807) is 13.2 Å². The molecular formula is C12H13N3O5. The molecule has 1 aromatic heterocycles. The van der Waals surface area contributed by atoms with Crippen LogP contribution in [0.1, 0.15) is 10.5 Å². The summed E-state index contributed by atoms with van der Waals surface area (Å²) >= 11 is 0. The van der Waals surface area contributed by atoms with E-state index < -0.39 is 10.9 Å². The average molecular weight is 279 g/mol. The van der Waals surface area contributed by atoms with Gasteiger partial charge in [0.2, 0.25) is 0 Å². The maximum Gasteiger partial charge on any atom is 0.352 e. The Kier molecular flexibility index (Phi) is 3.85. The second-order valence-corrected chi connectivity index (χ2v) is 4.09. The van der Waals surface area contributed by atoms with Gasteiger partial charge in [0, 0.05) is 30.8 Å². The van der Waals surface area contributed by atoms with E-state index in [2.05, 4.69) is 10.3 Å². The normalized spacial score (nSPS) is 10.7. The van der Waals surface area contributed by atoms with Crippen molar-refractivity contribution in [1.29, 1.82) is 0 Å². The number of nitro benzene ring substituents is 1. The van der Waals surface area contributed by atoms with Crippen LogP contribution >= 0.6 is 0 Å². The zero-order valence-corrected chi connectivity index (χ0v) is 10.7. The van der Waals surface area contributed by atoms with E-state index >= 15 is 0 Å². The fourth-order valence-corrected chi connectivity index (χ4v) is 1.91. The number of benzene rings is 1. The zero-order valence-electron chi connectivity index (χ0n) is 10.7. The fourth-order valence-electron chi connectivity index (χ4n) is 1.91. The lowest BCUT2D eigenvalue weighted by atomic mass is 10.2. The van der Waals surface area contributed by atoms with Crippen molar-refractivity contribution in [2.45, 2.75) is 0 Å². The zero-order chi connectivity index (χ0) is 14.7. The molecule has 0 aliphatic carbocycles. The molecule has 0 unspecified atom stereocenters. The molecule has 8 heteroatoms. The molecule has 0 saturated heterocycles. The van der Waals surface area contributed by atoms with Crippen molar-refractivity contribution in [1.82, 2.24) is 4.98 Å². The van der Waals surface area contributed by atoms with Gasteiger partial charge in [0.25, 0.3) is 5.69 Å². The van der Waals surface area contributed by atoms with Gasteiger partial charge in [-0.3, -0.25) is 10.1 Å². The number of nitro groups is 1. The number of hydrogen-bond acceptors (Lipinski definition) is 5. The number of aromatic amines is 1. The second kappa shape index (κ2) is 5.57. The van der Waals surface area contributed by atoms with Crippen molar-refractivity contribution in [3.63, 3.8) is 0 Å². The lowest BCUT2D eigenvalue weighted by Crippen LogP contribution is -2.07. The first-order chi connectivity index (χ1) is 9.54. The molecule has 0 aliphatic rings. The van der Waals surface area contributed by atoms with Crippen molar-refractivity contribution in [3.05, 3.63) is 34.0 Å². The smallest absolute Gasteiger partial charge is 0.352 e. The predicted molar refractivity (Wildman–Crippen MR) is 72.3 cm³/mol. The van der Waals surface area contributed by atoms with Gasteiger partial charge in [0.15, 0.2) is 0 Å². The first-order valence-electron chi connectivity index (χ1n) is 5.80. The number of nitrogens with one attached hydrogen (secondary N) is 2. The quantitative estimate of drug-likeness (QED) is 0.422. The highest BCUT2D eigenvalue weighted by Gasteiger charge is 2.19. The Bertz CT molecular complexity index is 664. The number of non-ortho nitro benzene ring substituents is 1. The molecule has 1 heterocycles. The average Bonchev–Trinajstić information content (AvgIpc) is 2.84. The van der Waals surface area contributed by atoms with Crippen LogP contribution in [-0.4, -0.2) is 41.2 Å². The number of carboxylic acids is 1. The van der Waals surface area contributed by atoms with E-state index in [9.17, 15) is 14.9 Å². The molecule has 20 heavy (non-hydrogen) atoms. The van der Waals surface area contributed by atoms with Crippen molar-refractivity contribution < 1.29 is 19.6 Å². The molecule has 0 fully saturated rings. The summed E-state index contributed by atoms with van der Waals surface area (Å²) in [5, 5.41) is 23.5. The van der Waals surface area contributed by atoms with Crippen LogP contribution in [-0.2, 0) is 4.74 Å². The van der Waals surface area contributed by atoms with Gasteiger partial charge in [-0.05, 0) is 12.1 Å². The van der Waals surface area contributed by atoms with Crippen molar-refractivity contribution in [2.24, 2.45) is 0 Å². The third kappa shape index (κ3) is 2.54. The topological polar surface area (TPSA) is 117 Å². The van der Waals surface area contributed by atoms with E-state index in [-0.39, 0.29) is 16.9 Å². The molecule has 2 rings (SSSR count). The molecule has 0 atom stereocenters. The number of carboxylic acid groups (broad SMARTS) is 1. The summed E-state index contributed by atoms with van der Waals surface area (Å²) in [4.78, 5) is 24.0. The number of aromatic nitrogens is 1. The summed E-state index contributed by atoms with van der Waals surface area (Å²) in [6.45, 7) is 0.978. The summed E-state index contributed by atoms with van der Waals surface area (Å²) in [7, 11) is 1.56. The maximum atomic E-state index is 11.0. The fraction of sp³-hybridized carbons (Fsp3) is 0.250. The van der Waals surface area contributed by atoms with Crippen molar-refractivity contribution in [2.75, 3.05) is 25.6 Å². The van der Waals surface area contributed by atoms with Crippen LogP contribution in [0.15, 0.2) is 18.2 Å². The molecule has 0 bridgehead atoms. The molecule has 106 valence electrons. The minimum atomic E-state index is -1.17. The second-order valence-electron chi connectivity index (χ2n) is 4.09. The van der Waals surface area contributed by atoms with Gasteiger partial charge in [-0.15, -0.1) is 0 Å². The third-order valence-electron chi connectivity index (χ3n) is 2.82. The Morgan fingerprint density at radius 2 is 2.30 bits per heavy atom. The SMILES string of the molecule is COCCNc1ccc([N+](=O)[O-])c2[nH]c(C(=O)O)cc12. The molecule has 0 spiro atoms. The van der Waals surface area contributed by atoms with E-state index in [1.165, 1.54) is 12.1 Å². The number of fused-ring (bicyclic) bond motifs is 1. The Balaban J connectivity index is 2.52. The Labute approximate surface area is 113 Å². The number of rotatable bonds is 6. The monoisotopic (exact) mass is 279 g/mol. The van der Waals surface area contributed by atoms with Crippen LogP contribution in [0.2, 0.25) is 0 Å². The van der Waals surface area contributed by atoms with Crippen LogP contribution in [0.3, 0.4) is 0 Å². The molecule has 0 aliphatic heterocycles. The number of aromatic carboxylic acids is 1. The number of carbonyl (C=O) groups is 1. The summed E-state index contributed by atoms with van der Waals surface area (Å²) in [5.74, 6) is -1.17. The summed E-state index contributed by atoms with van der Waals surface area (Å²) < 4.78 is 4.91. The van der Waals surface area contributed by atoms with Gasteiger partial charge in [-0.1, -0.05) is 0 Å². The predicted octanol–water partition coefficient (Wildman–Crippen LogP) is 1.83. The summed E-state index contributed by atoms with van der Waals surface area (Å²) in [6, 6.07) is 4.26. The first-order valence-corrected chi connectivity index (χ1v) is 5.80. The summed E-state index contributed by atoms with van der Waals surface area (Å²) in [5.41, 5.74) is 0.551. The largest absolute Gasteiger partial charge is 0.477 e.